The maximum absolute atomic E-state index is 12.7. The Morgan fingerprint density at radius 1 is 1.24 bits per heavy atom. The smallest absolute Gasteiger partial charge is 0.226 e. The molecule has 0 saturated heterocycles. The van der Waals surface area contributed by atoms with Crippen LogP contribution in [0.4, 0.5) is 0 Å². The van der Waals surface area contributed by atoms with Crippen LogP contribution in [0.1, 0.15) is 44.7 Å². The number of hydrogen-bond donors (Lipinski definition) is 1. The number of rotatable bonds is 4. The molecule has 0 spiro atoms. The molecule has 118 valence electrons. The van der Waals surface area contributed by atoms with E-state index in [1.54, 1.807) is 0 Å². The summed E-state index contributed by atoms with van der Waals surface area (Å²) in [6.45, 7) is 4.34. The van der Waals surface area contributed by atoms with Crippen LogP contribution in [0.25, 0.3) is 0 Å². The Bertz CT molecular complexity index is 449. The molecular formula is C17H27ClN2O. The fraction of sp³-hybridized carbons (Fsp3) is 0.588. The minimum Gasteiger partial charge on any atom is -0.338 e. The van der Waals surface area contributed by atoms with E-state index in [2.05, 4.69) is 26.0 Å². The van der Waals surface area contributed by atoms with Crippen molar-refractivity contribution in [2.75, 3.05) is 7.05 Å². The lowest BCUT2D eigenvalue weighted by atomic mass is 9.93. The molecule has 1 aromatic rings. The lowest BCUT2D eigenvalue weighted by Crippen LogP contribution is -2.38. The molecule has 0 bridgehead atoms. The van der Waals surface area contributed by atoms with E-state index in [9.17, 15) is 4.79 Å². The van der Waals surface area contributed by atoms with Gasteiger partial charge >= 0.3 is 0 Å². The van der Waals surface area contributed by atoms with E-state index in [-0.39, 0.29) is 36.3 Å². The molecule has 1 aliphatic rings. The molecule has 0 radical (unpaired) electrons. The monoisotopic (exact) mass is 310 g/mol. The van der Waals surface area contributed by atoms with Crippen molar-refractivity contribution in [1.29, 1.82) is 0 Å². The average molecular weight is 311 g/mol. The summed E-state index contributed by atoms with van der Waals surface area (Å²) in [5.74, 6) is 0.752. The lowest BCUT2D eigenvalue weighted by molar-refractivity contribution is -0.137. The standard InChI is InChI=1S/C17H26N2O.ClH/c1-12(2)16(13-7-5-4-6-8-13)19(3)17(20)14-9-10-15(18)11-14;/h4-8,12,14-16H,9-11,18H2,1-3H3;1H. The molecule has 1 amide bonds. The highest BCUT2D eigenvalue weighted by molar-refractivity contribution is 5.85. The number of hydrogen-bond acceptors (Lipinski definition) is 2. The summed E-state index contributed by atoms with van der Waals surface area (Å²) in [4.78, 5) is 14.6. The van der Waals surface area contributed by atoms with Crippen LogP contribution >= 0.6 is 12.4 Å². The molecule has 1 fully saturated rings. The van der Waals surface area contributed by atoms with Gasteiger partial charge in [0, 0.05) is 19.0 Å². The van der Waals surface area contributed by atoms with E-state index in [1.165, 1.54) is 5.56 Å². The van der Waals surface area contributed by atoms with E-state index < -0.39 is 0 Å². The first-order valence-electron chi connectivity index (χ1n) is 7.58. The van der Waals surface area contributed by atoms with Crippen LogP contribution < -0.4 is 5.73 Å². The van der Waals surface area contributed by atoms with Gasteiger partial charge in [0.25, 0.3) is 0 Å². The van der Waals surface area contributed by atoms with Crippen LogP contribution in [0.2, 0.25) is 0 Å². The van der Waals surface area contributed by atoms with Crippen molar-refractivity contribution in [3.63, 3.8) is 0 Å². The Hall–Kier alpha value is -1.06. The molecule has 0 heterocycles. The number of nitrogens with two attached hydrogens (primary N) is 1. The van der Waals surface area contributed by atoms with Gasteiger partial charge in [0.15, 0.2) is 0 Å². The Morgan fingerprint density at radius 2 is 1.86 bits per heavy atom. The molecule has 21 heavy (non-hydrogen) atoms. The highest BCUT2D eigenvalue weighted by Gasteiger charge is 2.33. The molecule has 1 aromatic carbocycles. The van der Waals surface area contributed by atoms with E-state index in [0.717, 1.165) is 19.3 Å². The maximum atomic E-state index is 12.7. The number of nitrogens with zero attached hydrogens (tertiary/aromatic N) is 1. The summed E-state index contributed by atoms with van der Waals surface area (Å²) in [5, 5.41) is 0. The fourth-order valence-corrected chi connectivity index (χ4v) is 3.37. The summed E-state index contributed by atoms with van der Waals surface area (Å²) in [6.07, 6.45) is 2.74. The zero-order chi connectivity index (χ0) is 14.7. The third-order valence-corrected chi connectivity index (χ3v) is 4.36. The number of halogens is 1. The van der Waals surface area contributed by atoms with Crippen molar-refractivity contribution < 1.29 is 4.79 Å². The van der Waals surface area contributed by atoms with Gasteiger partial charge in [-0.1, -0.05) is 44.2 Å². The fourth-order valence-electron chi connectivity index (χ4n) is 3.37. The van der Waals surface area contributed by atoms with Gasteiger partial charge in [-0.05, 0) is 30.7 Å². The predicted octanol–water partition coefficient (Wildman–Crippen LogP) is 3.39. The zero-order valence-corrected chi connectivity index (χ0v) is 14.0. The maximum Gasteiger partial charge on any atom is 0.226 e. The second-order valence-electron chi connectivity index (χ2n) is 6.32. The zero-order valence-electron chi connectivity index (χ0n) is 13.2. The quantitative estimate of drug-likeness (QED) is 0.926. The van der Waals surface area contributed by atoms with Crippen molar-refractivity contribution in [3.8, 4) is 0 Å². The van der Waals surface area contributed by atoms with Gasteiger partial charge in [0.05, 0.1) is 6.04 Å². The summed E-state index contributed by atoms with van der Waals surface area (Å²) >= 11 is 0. The Labute approximate surface area is 134 Å². The Morgan fingerprint density at radius 3 is 2.33 bits per heavy atom. The van der Waals surface area contributed by atoms with Gasteiger partial charge in [-0.25, -0.2) is 0 Å². The molecule has 0 aromatic heterocycles. The number of carbonyl (C=O) groups excluding carboxylic acids is 1. The predicted molar refractivity (Wildman–Crippen MR) is 89.4 cm³/mol. The third-order valence-electron chi connectivity index (χ3n) is 4.36. The SMILES string of the molecule is CC(C)C(c1ccccc1)N(C)C(=O)C1CCC(N)C1.Cl. The van der Waals surface area contributed by atoms with E-state index in [0.29, 0.717) is 5.92 Å². The van der Waals surface area contributed by atoms with Crippen LogP contribution in [0.5, 0.6) is 0 Å². The van der Waals surface area contributed by atoms with E-state index in [4.69, 9.17) is 5.73 Å². The van der Waals surface area contributed by atoms with E-state index >= 15 is 0 Å². The first-order valence-corrected chi connectivity index (χ1v) is 7.58. The van der Waals surface area contributed by atoms with Crippen LogP contribution in [0, 0.1) is 11.8 Å². The first-order chi connectivity index (χ1) is 9.50. The molecule has 3 nitrogen and oxygen atoms in total. The second kappa shape index (κ2) is 7.81. The highest BCUT2D eigenvalue weighted by atomic mass is 35.5. The van der Waals surface area contributed by atoms with Gasteiger partial charge < -0.3 is 10.6 Å². The third kappa shape index (κ3) is 4.21. The average Bonchev–Trinajstić information content (AvgIpc) is 2.85. The van der Waals surface area contributed by atoms with Crippen LogP contribution in [0.3, 0.4) is 0 Å². The molecule has 3 unspecified atom stereocenters. The summed E-state index contributed by atoms with van der Waals surface area (Å²) in [7, 11) is 1.93. The molecule has 0 aliphatic heterocycles. The topological polar surface area (TPSA) is 46.3 Å². The minimum atomic E-state index is 0. The normalized spacial score (nSPS) is 22.7. The van der Waals surface area contributed by atoms with Gasteiger partial charge in [0.1, 0.15) is 0 Å². The number of amides is 1. The van der Waals surface area contributed by atoms with E-state index in [1.807, 2.05) is 30.1 Å². The lowest BCUT2D eigenvalue weighted by Gasteiger charge is -2.33. The largest absolute Gasteiger partial charge is 0.338 e. The summed E-state index contributed by atoms with van der Waals surface area (Å²) in [6, 6.07) is 10.6. The molecule has 2 N–H and O–H groups in total. The molecule has 1 aliphatic carbocycles. The summed E-state index contributed by atoms with van der Waals surface area (Å²) in [5.41, 5.74) is 7.15. The molecular weight excluding hydrogens is 284 g/mol. The molecule has 1 saturated carbocycles. The van der Waals surface area contributed by atoms with Crippen LogP contribution in [-0.4, -0.2) is 23.9 Å². The van der Waals surface area contributed by atoms with Crippen LogP contribution in [0.15, 0.2) is 30.3 Å². The Kier molecular flexibility index (Phi) is 6.69. The van der Waals surface area contributed by atoms with Crippen LogP contribution in [-0.2, 0) is 4.79 Å². The number of benzene rings is 1. The molecule has 2 rings (SSSR count). The van der Waals surface area contributed by atoms with Gasteiger partial charge in [0.2, 0.25) is 5.91 Å². The molecule has 4 heteroatoms. The first kappa shape index (κ1) is 18.0. The minimum absolute atomic E-state index is 0. The van der Waals surface area contributed by atoms with Gasteiger partial charge in [-0.2, -0.15) is 0 Å². The van der Waals surface area contributed by atoms with Crippen molar-refractivity contribution in [3.05, 3.63) is 35.9 Å². The van der Waals surface area contributed by atoms with Crippen molar-refractivity contribution >= 4 is 18.3 Å². The van der Waals surface area contributed by atoms with Crippen molar-refractivity contribution in [1.82, 2.24) is 4.90 Å². The van der Waals surface area contributed by atoms with Crippen molar-refractivity contribution in [2.24, 2.45) is 17.6 Å². The second-order valence-corrected chi connectivity index (χ2v) is 6.32. The number of carbonyl (C=O) groups is 1. The van der Waals surface area contributed by atoms with Gasteiger partial charge in [-0.15, -0.1) is 12.4 Å². The summed E-state index contributed by atoms with van der Waals surface area (Å²) < 4.78 is 0. The highest BCUT2D eigenvalue weighted by Crippen LogP contribution is 2.32. The van der Waals surface area contributed by atoms with Crippen molar-refractivity contribution in [2.45, 2.75) is 45.2 Å². The molecule has 3 atom stereocenters. The Balaban J connectivity index is 0.00000220. The van der Waals surface area contributed by atoms with Gasteiger partial charge in [-0.3, -0.25) is 4.79 Å².